The Hall–Kier alpha value is -2.63. The van der Waals surface area contributed by atoms with E-state index in [0.717, 1.165) is 17.7 Å². The molecule has 1 unspecified atom stereocenters. The molecule has 6 nitrogen and oxygen atoms in total. The van der Waals surface area contributed by atoms with Crippen molar-refractivity contribution in [2.75, 3.05) is 13.1 Å². The number of likely N-dealkylation sites (tertiary alicyclic amines) is 1. The minimum Gasteiger partial charge on any atom is -0.460 e. The van der Waals surface area contributed by atoms with E-state index >= 15 is 0 Å². The van der Waals surface area contributed by atoms with Crippen molar-refractivity contribution >= 4 is 11.9 Å². The van der Waals surface area contributed by atoms with E-state index in [0.29, 0.717) is 18.8 Å². The molecule has 3 rings (SSSR count). The van der Waals surface area contributed by atoms with E-state index in [4.69, 9.17) is 9.26 Å². The fraction of sp³-hybridized carbons (Fsp3) is 0.421. The van der Waals surface area contributed by atoms with Gasteiger partial charge in [0.25, 0.3) is 0 Å². The van der Waals surface area contributed by atoms with Gasteiger partial charge in [-0.1, -0.05) is 35.5 Å². The molecule has 6 heteroatoms. The first-order valence-electron chi connectivity index (χ1n) is 8.44. The normalized spacial score (nSPS) is 17.1. The van der Waals surface area contributed by atoms with Gasteiger partial charge in [-0.2, -0.15) is 0 Å². The van der Waals surface area contributed by atoms with E-state index < -0.39 is 5.92 Å². The number of amides is 1. The molecule has 1 aliphatic rings. The average Bonchev–Trinajstić information content (AvgIpc) is 3.14. The molecule has 0 spiro atoms. The molecule has 0 bridgehead atoms. The molecular weight excluding hydrogens is 320 g/mol. The minimum absolute atomic E-state index is 0.00946. The Bertz CT molecular complexity index is 735. The van der Waals surface area contributed by atoms with Gasteiger partial charge in [-0.05, 0) is 25.8 Å². The summed E-state index contributed by atoms with van der Waals surface area (Å²) in [6.07, 6.45) is 1.00. The molecule has 2 heterocycles. The zero-order valence-corrected chi connectivity index (χ0v) is 14.5. The highest BCUT2D eigenvalue weighted by Crippen LogP contribution is 2.21. The van der Waals surface area contributed by atoms with Crippen molar-refractivity contribution in [3.63, 3.8) is 0 Å². The molecule has 132 valence electrons. The van der Waals surface area contributed by atoms with Crippen LogP contribution in [0.2, 0.25) is 0 Å². The lowest BCUT2D eigenvalue weighted by Crippen LogP contribution is -2.28. The molecule has 1 aromatic carbocycles. The second kappa shape index (κ2) is 7.51. The highest BCUT2D eigenvalue weighted by molar-refractivity contribution is 5.86. The topological polar surface area (TPSA) is 72.6 Å². The number of hydrogen-bond donors (Lipinski definition) is 0. The third-order valence-corrected chi connectivity index (χ3v) is 4.60. The van der Waals surface area contributed by atoms with Gasteiger partial charge in [0.15, 0.2) is 0 Å². The van der Waals surface area contributed by atoms with Crippen LogP contribution in [0.4, 0.5) is 0 Å². The van der Waals surface area contributed by atoms with Crippen molar-refractivity contribution < 1.29 is 18.8 Å². The van der Waals surface area contributed by atoms with Crippen molar-refractivity contribution in [1.82, 2.24) is 10.1 Å². The first kappa shape index (κ1) is 17.2. The quantitative estimate of drug-likeness (QED) is 0.754. The van der Waals surface area contributed by atoms with Crippen LogP contribution in [0.5, 0.6) is 0 Å². The second-order valence-electron chi connectivity index (χ2n) is 6.39. The molecule has 1 aliphatic heterocycles. The van der Waals surface area contributed by atoms with Crippen LogP contribution in [-0.4, -0.2) is 35.0 Å². The first-order chi connectivity index (χ1) is 12.0. The van der Waals surface area contributed by atoms with Crippen LogP contribution in [0.15, 0.2) is 34.9 Å². The van der Waals surface area contributed by atoms with Gasteiger partial charge in [0.2, 0.25) is 5.91 Å². The summed E-state index contributed by atoms with van der Waals surface area (Å²) in [7, 11) is 0. The highest BCUT2D eigenvalue weighted by Gasteiger charge is 2.35. The van der Waals surface area contributed by atoms with Gasteiger partial charge >= 0.3 is 5.97 Å². The fourth-order valence-electron chi connectivity index (χ4n) is 3.02. The summed E-state index contributed by atoms with van der Waals surface area (Å²) in [6, 6.07) is 10.0. The number of aromatic nitrogens is 1. The molecule has 1 amide bonds. The Kier molecular flexibility index (Phi) is 5.16. The van der Waals surface area contributed by atoms with Gasteiger partial charge in [-0.3, -0.25) is 9.59 Å². The molecule has 0 saturated carbocycles. The maximum absolute atomic E-state index is 12.3. The summed E-state index contributed by atoms with van der Waals surface area (Å²) >= 11 is 0. The van der Waals surface area contributed by atoms with Crippen molar-refractivity contribution in [1.29, 1.82) is 0 Å². The number of rotatable bonds is 6. The third-order valence-electron chi connectivity index (χ3n) is 4.60. The minimum atomic E-state index is -0.399. The van der Waals surface area contributed by atoms with Crippen molar-refractivity contribution in [3.8, 4) is 0 Å². The second-order valence-corrected chi connectivity index (χ2v) is 6.39. The lowest BCUT2D eigenvalue weighted by molar-refractivity contribution is -0.149. The van der Waals surface area contributed by atoms with Crippen molar-refractivity contribution in [3.05, 3.63) is 52.9 Å². The number of carbonyl (C=O) groups is 2. The monoisotopic (exact) mass is 342 g/mol. The van der Waals surface area contributed by atoms with Gasteiger partial charge in [-0.15, -0.1) is 0 Å². The van der Waals surface area contributed by atoms with E-state index in [-0.39, 0.29) is 24.9 Å². The average molecular weight is 342 g/mol. The molecule has 1 saturated heterocycles. The Morgan fingerprint density at radius 3 is 2.76 bits per heavy atom. The Labute approximate surface area is 146 Å². The zero-order valence-electron chi connectivity index (χ0n) is 14.5. The number of carbonyl (C=O) groups excluding carboxylic acids is 2. The number of aryl methyl sites for hydroxylation is 2. The molecule has 0 radical (unpaired) electrons. The van der Waals surface area contributed by atoms with Crippen LogP contribution in [0.25, 0.3) is 0 Å². The number of ether oxygens (including phenoxy) is 1. The van der Waals surface area contributed by atoms with Gasteiger partial charge in [-0.25, -0.2) is 0 Å². The highest BCUT2D eigenvalue weighted by atomic mass is 16.5. The Morgan fingerprint density at radius 1 is 1.32 bits per heavy atom. The predicted molar refractivity (Wildman–Crippen MR) is 90.6 cm³/mol. The van der Waals surface area contributed by atoms with Gasteiger partial charge in [0.05, 0.1) is 17.2 Å². The standard InChI is InChI=1S/C19H22N2O4/c1-13-17(14(2)25-20-13)12-24-19(23)16-10-18(22)21(11-16)9-8-15-6-4-3-5-7-15/h3-7,16H,8-12H2,1-2H3. The van der Waals surface area contributed by atoms with E-state index in [1.807, 2.05) is 37.3 Å². The number of hydrogen-bond acceptors (Lipinski definition) is 5. The molecule has 0 aliphatic carbocycles. The first-order valence-corrected chi connectivity index (χ1v) is 8.44. The van der Waals surface area contributed by atoms with Crippen molar-refractivity contribution in [2.45, 2.75) is 33.3 Å². The maximum Gasteiger partial charge on any atom is 0.311 e. The summed E-state index contributed by atoms with van der Waals surface area (Å²) in [5.41, 5.74) is 2.69. The van der Waals surface area contributed by atoms with Crippen LogP contribution >= 0.6 is 0 Å². The van der Waals surface area contributed by atoms with E-state index in [2.05, 4.69) is 5.16 Å². The van der Waals surface area contributed by atoms with E-state index in [1.54, 1.807) is 11.8 Å². The lowest BCUT2D eigenvalue weighted by Gasteiger charge is -2.16. The summed E-state index contributed by atoms with van der Waals surface area (Å²) < 4.78 is 10.4. The van der Waals surface area contributed by atoms with Gasteiger partial charge in [0, 0.05) is 19.5 Å². The smallest absolute Gasteiger partial charge is 0.311 e. The van der Waals surface area contributed by atoms with E-state index in [1.165, 1.54) is 5.56 Å². The molecule has 25 heavy (non-hydrogen) atoms. The lowest BCUT2D eigenvalue weighted by atomic mass is 10.1. The predicted octanol–water partition coefficient (Wildman–Crippen LogP) is 2.43. The molecule has 1 atom stereocenters. The SMILES string of the molecule is Cc1noc(C)c1COC(=O)C1CC(=O)N(CCc2ccccc2)C1. The van der Waals surface area contributed by atoms with Crippen molar-refractivity contribution in [2.24, 2.45) is 5.92 Å². The maximum atomic E-state index is 12.3. The Morgan fingerprint density at radius 2 is 2.08 bits per heavy atom. The van der Waals surface area contributed by atoms with Crippen LogP contribution in [0.1, 0.15) is 29.0 Å². The Balaban J connectivity index is 1.50. The number of nitrogens with zero attached hydrogens (tertiary/aromatic N) is 2. The van der Waals surface area contributed by atoms with Gasteiger partial charge < -0.3 is 14.2 Å². The van der Waals surface area contributed by atoms with Crippen LogP contribution in [0.3, 0.4) is 0 Å². The molecular formula is C19H22N2O4. The largest absolute Gasteiger partial charge is 0.460 e. The fourth-order valence-corrected chi connectivity index (χ4v) is 3.02. The molecule has 2 aromatic rings. The van der Waals surface area contributed by atoms with Crippen LogP contribution in [0, 0.1) is 19.8 Å². The third kappa shape index (κ3) is 4.07. The van der Waals surface area contributed by atoms with Crippen LogP contribution < -0.4 is 0 Å². The number of esters is 1. The van der Waals surface area contributed by atoms with Crippen LogP contribution in [-0.2, 0) is 27.4 Å². The van der Waals surface area contributed by atoms with E-state index in [9.17, 15) is 9.59 Å². The summed E-state index contributed by atoms with van der Waals surface area (Å²) in [6.45, 7) is 4.77. The summed E-state index contributed by atoms with van der Waals surface area (Å²) in [5.74, 6) is -0.0770. The zero-order chi connectivity index (χ0) is 17.8. The number of benzene rings is 1. The molecule has 1 fully saturated rings. The molecule has 1 aromatic heterocycles. The molecule has 0 N–H and O–H groups in total. The summed E-state index contributed by atoms with van der Waals surface area (Å²) in [4.78, 5) is 26.2. The van der Waals surface area contributed by atoms with Gasteiger partial charge in [0.1, 0.15) is 12.4 Å². The summed E-state index contributed by atoms with van der Waals surface area (Å²) in [5, 5.41) is 3.84.